The van der Waals surface area contributed by atoms with Crippen LogP contribution in [0.15, 0.2) is 94.0 Å². The molecule has 0 aliphatic heterocycles. The molecule has 0 fully saturated rings. The first kappa shape index (κ1) is 28.1. The number of amides is 3. The number of nitrogens with one attached hydrogen (secondary N) is 3. The van der Waals surface area contributed by atoms with Gasteiger partial charge in [-0.2, -0.15) is 0 Å². The number of halogens is 3. The second-order valence-electron chi connectivity index (χ2n) is 8.60. The second kappa shape index (κ2) is 13.2. The van der Waals surface area contributed by atoms with Crippen molar-refractivity contribution in [2.24, 2.45) is 0 Å². The highest BCUT2D eigenvalue weighted by atomic mass is 79.9. The number of hydrogen-bond donors (Lipinski definition) is 3. The van der Waals surface area contributed by atoms with Gasteiger partial charge in [0.2, 0.25) is 0 Å². The minimum atomic E-state index is -0.893. The monoisotopic (exact) mass is 611 g/mol. The van der Waals surface area contributed by atoms with Gasteiger partial charge in [0, 0.05) is 33.6 Å². The van der Waals surface area contributed by atoms with Gasteiger partial charge in [0.05, 0.1) is 18.8 Å². The molecule has 0 aliphatic carbocycles. The van der Waals surface area contributed by atoms with Crippen LogP contribution in [-0.4, -0.2) is 17.7 Å². The summed E-state index contributed by atoms with van der Waals surface area (Å²) >= 11 is 9.68. The first-order valence-electron chi connectivity index (χ1n) is 12.0. The Morgan fingerprint density at radius 1 is 0.897 bits per heavy atom. The van der Waals surface area contributed by atoms with E-state index in [0.717, 1.165) is 0 Å². The van der Waals surface area contributed by atoms with Gasteiger partial charge >= 0.3 is 11.8 Å². The lowest BCUT2D eigenvalue weighted by Crippen LogP contribution is -2.42. The fraction of sp³-hybridized carbons (Fsp3) is 0.138. The summed E-state index contributed by atoms with van der Waals surface area (Å²) < 4.78 is 20.4. The lowest BCUT2D eigenvalue weighted by atomic mass is 9.98. The van der Waals surface area contributed by atoms with Crippen molar-refractivity contribution in [3.8, 4) is 0 Å². The number of furan rings is 1. The van der Waals surface area contributed by atoms with Gasteiger partial charge in [-0.15, -0.1) is 0 Å². The van der Waals surface area contributed by atoms with E-state index < -0.39 is 23.7 Å². The van der Waals surface area contributed by atoms with Crippen molar-refractivity contribution in [1.82, 2.24) is 16.0 Å². The van der Waals surface area contributed by atoms with Crippen LogP contribution in [0.4, 0.5) is 4.39 Å². The highest BCUT2D eigenvalue weighted by Gasteiger charge is 2.24. The lowest BCUT2D eigenvalue weighted by molar-refractivity contribution is -0.139. The standard InChI is InChI=1S/C29H24BrClFN3O4/c30-23-10-2-1-9-21(23)26(15-22-24(31)11-4-12-25(22)32)35-29(38)28(37)33-16-18-6-3-7-19(14-18)27(36)34-17-20-8-5-13-39-20/h1-14,26H,15-17H2,(H,33,37)(H,34,36)(H,35,38). The third kappa shape index (κ3) is 7.55. The van der Waals surface area contributed by atoms with Crippen LogP contribution in [0, 0.1) is 5.82 Å². The van der Waals surface area contributed by atoms with Gasteiger partial charge < -0.3 is 20.4 Å². The molecule has 200 valence electrons. The topological polar surface area (TPSA) is 100 Å². The van der Waals surface area contributed by atoms with Crippen LogP contribution in [0.2, 0.25) is 5.02 Å². The zero-order chi connectivity index (χ0) is 27.8. The molecule has 0 aliphatic rings. The minimum Gasteiger partial charge on any atom is -0.467 e. The summed E-state index contributed by atoms with van der Waals surface area (Å²) in [6, 6.07) is 20.9. The predicted octanol–water partition coefficient (Wildman–Crippen LogP) is 5.48. The predicted molar refractivity (Wildman–Crippen MR) is 148 cm³/mol. The SMILES string of the molecule is O=C(NCc1cccc(C(=O)NCc2ccco2)c1)C(=O)NC(Cc1c(F)cccc1Cl)c1ccccc1Br. The van der Waals surface area contributed by atoms with Crippen LogP contribution in [0.3, 0.4) is 0 Å². The molecule has 3 N–H and O–H groups in total. The molecule has 1 atom stereocenters. The summed E-state index contributed by atoms with van der Waals surface area (Å²) in [6.45, 7) is 0.258. The Kier molecular flexibility index (Phi) is 9.51. The molecule has 0 radical (unpaired) electrons. The van der Waals surface area contributed by atoms with Crippen molar-refractivity contribution in [1.29, 1.82) is 0 Å². The van der Waals surface area contributed by atoms with Crippen molar-refractivity contribution >= 4 is 45.3 Å². The van der Waals surface area contributed by atoms with Gasteiger partial charge in [0.1, 0.15) is 11.6 Å². The summed E-state index contributed by atoms with van der Waals surface area (Å²) in [4.78, 5) is 38.0. The Morgan fingerprint density at radius 2 is 1.69 bits per heavy atom. The van der Waals surface area contributed by atoms with Crippen molar-refractivity contribution in [3.63, 3.8) is 0 Å². The molecule has 0 saturated carbocycles. The maximum absolute atomic E-state index is 14.5. The molecule has 0 spiro atoms. The summed E-state index contributed by atoms with van der Waals surface area (Å²) in [6.07, 6.45) is 1.55. The minimum absolute atomic E-state index is 0.0183. The summed E-state index contributed by atoms with van der Waals surface area (Å²) in [5.74, 6) is -1.96. The molecule has 1 heterocycles. The Labute approximate surface area is 237 Å². The van der Waals surface area contributed by atoms with Crippen LogP contribution < -0.4 is 16.0 Å². The number of rotatable bonds is 9. The molecule has 10 heteroatoms. The summed E-state index contributed by atoms with van der Waals surface area (Å²) in [7, 11) is 0. The molecule has 1 unspecified atom stereocenters. The Bertz CT molecular complexity index is 1460. The van der Waals surface area contributed by atoms with Crippen LogP contribution in [0.1, 0.15) is 38.9 Å². The van der Waals surface area contributed by atoms with E-state index in [0.29, 0.717) is 26.9 Å². The van der Waals surface area contributed by atoms with Crippen molar-refractivity contribution in [2.75, 3.05) is 0 Å². The maximum atomic E-state index is 14.5. The van der Waals surface area contributed by atoms with E-state index in [2.05, 4.69) is 31.9 Å². The lowest BCUT2D eigenvalue weighted by Gasteiger charge is -2.21. The largest absolute Gasteiger partial charge is 0.467 e. The zero-order valence-corrected chi connectivity index (χ0v) is 22.9. The van der Waals surface area contributed by atoms with Gasteiger partial charge in [0.25, 0.3) is 5.91 Å². The Balaban J connectivity index is 1.40. The van der Waals surface area contributed by atoms with E-state index >= 15 is 0 Å². The van der Waals surface area contributed by atoms with E-state index in [9.17, 15) is 18.8 Å². The summed E-state index contributed by atoms with van der Waals surface area (Å²) in [5, 5.41) is 8.24. The van der Waals surface area contributed by atoms with Crippen LogP contribution >= 0.6 is 27.5 Å². The maximum Gasteiger partial charge on any atom is 0.309 e. The van der Waals surface area contributed by atoms with Crippen LogP contribution in [-0.2, 0) is 29.1 Å². The zero-order valence-electron chi connectivity index (χ0n) is 20.5. The van der Waals surface area contributed by atoms with Gasteiger partial charge in [-0.3, -0.25) is 14.4 Å². The average molecular weight is 613 g/mol. The molecular formula is C29H24BrClFN3O4. The number of carbonyl (C=O) groups is 3. The fourth-order valence-electron chi connectivity index (χ4n) is 3.92. The van der Waals surface area contributed by atoms with Gasteiger partial charge in [-0.1, -0.05) is 63.9 Å². The number of hydrogen-bond acceptors (Lipinski definition) is 4. The first-order valence-corrected chi connectivity index (χ1v) is 13.1. The highest BCUT2D eigenvalue weighted by Crippen LogP contribution is 2.29. The second-order valence-corrected chi connectivity index (χ2v) is 9.86. The summed E-state index contributed by atoms with van der Waals surface area (Å²) in [5.41, 5.74) is 1.91. The van der Waals surface area contributed by atoms with Crippen molar-refractivity contribution in [3.05, 3.63) is 128 Å². The van der Waals surface area contributed by atoms with Gasteiger partial charge in [-0.25, -0.2) is 4.39 Å². The van der Waals surface area contributed by atoms with Gasteiger partial charge in [0.15, 0.2) is 0 Å². The highest BCUT2D eigenvalue weighted by molar-refractivity contribution is 9.10. The Morgan fingerprint density at radius 3 is 2.44 bits per heavy atom. The molecule has 39 heavy (non-hydrogen) atoms. The normalized spacial score (nSPS) is 11.5. The molecule has 0 bridgehead atoms. The van der Waals surface area contributed by atoms with Crippen LogP contribution in [0.25, 0.3) is 0 Å². The number of carbonyl (C=O) groups excluding carboxylic acids is 3. The fourth-order valence-corrected chi connectivity index (χ4v) is 4.72. The first-order chi connectivity index (χ1) is 18.8. The van der Waals surface area contributed by atoms with E-state index in [1.807, 2.05) is 0 Å². The third-order valence-electron chi connectivity index (χ3n) is 5.91. The molecule has 7 nitrogen and oxygen atoms in total. The third-order valence-corrected chi connectivity index (χ3v) is 6.98. The van der Waals surface area contributed by atoms with Gasteiger partial charge in [-0.05, 0) is 53.6 Å². The quantitative estimate of drug-likeness (QED) is 0.218. The molecule has 1 aromatic heterocycles. The van der Waals surface area contributed by atoms with Crippen molar-refractivity contribution < 1.29 is 23.2 Å². The van der Waals surface area contributed by atoms with Crippen molar-refractivity contribution in [2.45, 2.75) is 25.6 Å². The van der Waals surface area contributed by atoms with E-state index in [1.54, 1.807) is 66.7 Å². The molecule has 3 amide bonds. The van der Waals surface area contributed by atoms with E-state index in [1.165, 1.54) is 18.4 Å². The average Bonchev–Trinajstić information content (AvgIpc) is 3.46. The Hall–Kier alpha value is -3.95. The van der Waals surface area contributed by atoms with E-state index in [-0.39, 0.29) is 36.0 Å². The molecule has 4 aromatic rings. The molecule has 0 saturated heterocycles. The smallest absolute Gasteiger partial charge is 0.309 e. The van der Waals surface area contributed by atoms with Crippen LogP contribution in [0.5, 0.6) is 0 Å². The molecular weight excluding hydrogens is 589 g/mol. The van der Waals surface area contributed by atoms with E-state index in [4.69, 9.17) is 16.0 Å². The molecule has 4 rings (SSSR count). The number of benzene rings is 3. The molecule has 3 aromatic carbocycles.